The third-order valence-corrected chi connectivity index (χ3v) is 11.7. The maximum atomic E-state index is 13.9. The first-order valence-electron chi connectivity index (χ1n) is 23.4. The Morgan fingerprint density at radius 3 is 1.54 bits per heavy atom. The third-order valence-electron chi connectivity index (χ3n) is 11.3. The maximum absolute atomic E-state index is 13.9. The number of carboxylic acid groups (broad SMARTS) is 1. The van der Waals surface area contributed by atoms with Gasteiger partial charge in [-0.1, -0.05) is 78.3 Å². The van der Waals surface area contributed by atoms with Crippen LogP contribution in [0.15, 0.2) is 42.9 Å². The number of aromatic nitrogens is 2. The number of carbonyl (C=O) groups is 11. The number of rotatable bonds is 31. The van der Waals surface area contributed by atoms with Gasteiger partial charge in [-0.15, -0.1) is 0 Å². The largest absolute Gasteiger partial charge is 0.480 e. The van der Waals surface area contributed by atoms with Crippen LogP contribution in [-0.2, 0) is 65.6 Å². The van der Waals surface area contributed by atoms with Crippen molar-refractivity contribution in [1.82, 2.24) is 52.5 Å². The Morgan fingerprint density at radius 2 is 1.07 bits per heavy atom. The number of aromatic amines is 1. The minimum absolute atomic E-state index is 0.0668. The summed E-state index contributed by atoms with van der Waals surface area (Å²) < 4.78 is 0. The Balaban J connectivity index is 2.31. The summed E-state index contributed by atoms with van der Waals surface area (Å²) in [6, 6.07) is -4.40. The fourth-order valence-corrected chi connectivity index (χ4v) is 7.17. The number of H-pyrrole nitrogens is 1. The summed E-state index contributed by atoms with van der Waals surface area (Å²) in [6.07, 6.45) is 1.68. The number of carboxylic acids is 1. The second-order valence-corrected chi connectivity index (χ2v) is 18.6. The van der Waals surface area contributed by atoms with E-state index in [0.717, 1.165) is 0 Å². The average molecular weight is 1030 g/mol. The second-order valence-electron chi connectivity index (χ2n) is 18.2. The lowest BCUT2D eigenvalue weighted by Gasteiger charge is -2.27. The molecule has 0 spiro atoms. The molecular weight excluding hydrogens is 959 g/mol. The molecule has 25 nitrogen and oxygen atoms in total. The molecule has 0 aliphatic carbocycles. The number of hydrogen-bond acceptors (Lipinski definition) is 14. The number of carbonyl (C=O) groups excluding carboxylic acids is 10. The van der Waals surface area contributed by atoms with Crippen LogP contribution in [0.1, 0.15) is 85.4 Å². The number of amides is 10. The Kier molecular flexibility index (Phi) is 25.4. The first-order chi connectivity index (χ1) is 33.8. The molecule has 10 amide bonds. The number of thiol groups is 1. The van der Waals surface area contributed by atoms with Crippen molar-refractivity contribution in [2.45, 2.75) is 141 Å². The predicted molar refractivity (Wildman–Crippen MR) is 264 cm³/mol. The molecule has 0 aliphatic heterocycles. The number of nitrogens with one attached hydrogen (secondary N) is 9. The number of primary amides is 2. The van der Waals surface area contributed by atoms with Crippen molar-refractivity contribution in [3.63, 3.8) is 0 Å². The van der Waals surface area contributed by atoms with Crippen molar-refractivity contribution in [2.75, 3.05) is 5.75 Å². The predicted octanol–water partition coefficient (Wildman–Crippen LogP) is -3.07. The van der Waals surface area contributed by atoms with Crippen LogP contribution in [-0.4, -0.2) is 140 Å². The molecule has 0 radical (unpaired) electrons. The average Bonchev–Trinajstić information content (AvgIpc) is 3.83. The fourth-order valence-electron chi connectivity index (χ4n) is 6.92. The summed E-state index contributed by atoms with van der Waals surface area (Å²) in [5.74, 6) is -11.9. The van der Waals surface area contributed by atoms with Crippen LogP contribution in [0, 0.1) is 17.8 Å². The van der Waals surface area contributed by atoms with Crippen LogP contribution in [0.5, 0.6) is 0 Å². The lowest BCUT2D eigenvalue weighted by Crippen LogP contribution is -2.61. The van der Waals surface area contributed by atoms with E-state index in [0.29, 0.717) is 17.7 Å². The Hall–Kier alpha value is -7.09. The van der Waals surface area contributed by atoms with Gasteiger partial charge in [-0.25, -0.2) is 9.78 Å². The molecule has 72 heavy (non-hydrogen) atoms. The molecule has 10 atom stereocenters. The van der Waals surface area contributed by atoms with Gasteiger partial charge >= 0.3 is 5.97 Å². The van der Waals surface area contributed by atoms with Gasteiger partial charge in [-0.05, 0) is 36.7 Å². The number of hydrogen-bond donors (Lipinski definition) is 14. The monoisotopic (exact) mass is 1030 g/mol. The molecule has 1 aromatic carbocycles. The van der Waals surface area contributed by atoms with Gasteiger partial charge in [-0.3, -0.25) is 47.9 Å². The van der Waals surface area contributed by atoms with Gasteiger partial charge in [0.2, 0.25) is 59.1 Å². The summed E-state index contributed by atoms with van der Waals surface area (Å²) in [4.78, 5) is 152. The van der Waals surface area contributed by atoms with Crippen molar-refractivity contribution in [3.8, 4) is 0 Å². The fraction of sp³-hybridized carbons (Fsp3) is 0.565. The molecule has 0 bridgehead atoms. The smallest absolute Gasteiger partial charge is 0.326 e. The lowest BCUT2D eigenvalue weighted by atomic mass is 9.97. The van der Waals surface area contributed by atoms with Crippen molar-refractivity contribution < 1.29 is 57.8 Å². The first kappa shape index (κ1) is 61.0. The van der Waals surface area contributed by atoms with E-state index >= 15 is 0 Å². The van der Waals surface area contributed by atoms with Gasteiger partial charge in [-0.2, -0.15) is 12.6 Å². The molecule has 26 heteroatoms. The molecule has 1 heterocycles. The van der Waals surface area contributed by atoms with E-state index in [1.165, 1.54) is 33.3 Å². The van der Waals surface area contributed by atoms with E-state index in [1.54, 1.807) is 37.3 Å². The zero-order chi connectivity index (χ0) is 54.4. The Labute approximate surface area is 423 Å². The van der Waals surface area contributed by atoms with Gasteiger partial charge in [0.1, 0.15) is 48.3 Å². The number of nitrogens with zero attached hydrogens (tertiary/aromatic N) is 1. The van der Waals surface area contributed by atoms with E-state index < -0.39 is 138 Å². The maximum Gasteiger partial charge on any atom is 0.326 e. The number of benzene rings is 1. The highest BCUT2D eigenvalue weighted by atomic mass is 32.1. The second kappa shape index (κ2) is 29.9. The molecule has 0 aliphatic rings. The van der Waals surface area contributed by atoms with Gasteiger partial charge in [0.05, 0.1) is 25.2 Å². The molecule has 2 aromatic rings. The molecule has 398 valence electrons. The molecule has 0 saturated carbocycles. The summed E-state index contributed by atoms with van der Waals surface area (Å²) in [6.45, 7) is 11.6. The SMILES string of the molecule is CC[C@H](C)[C@H](N)C(=O)N[C@@H](CC(C)C)C(=O)N[C@@H](Cc1cnc[nH]1)C(=O)N[C@@H](CS)C(=O)N[C@@H](C)C(=O)N[C@@H](CC(N)=O)C(=O)N[C@@H](Cc1ccccc1)C(=O)N[C@@H](CC(N)=O)C(=O)N[C@H](C(=O)O)C(C)C. The molecule has 0 saturated heterocycles. The Morgan fingerprint density at radius 1 is 0.611 bits per heavy atom. The summed E-state index contributed by atoms with van der Waals surface area (Å²) in [5.41, 5.74) is 17.9. The zero-order valence-corrected chi connectivity index (χ0v) is 42.4. The quantitative estimate of drug-likeness (QED) is 0.0334. The van der Waals surface area contributed by atoms with Crippen LogP contribution in [0.25, 0.3) is 0 Å². The van der Waals surface area contributed by atoms with Crippen LogP contribution in [0.2, 0.25) is 0 Å². The summed E-state index contributed by atoms with van der Waals surface area (Å²) >= 11 is 4.22. The number of aliphatic carboxylic acids is 1. The normalized spacial score (nSPS) is 15.3. The molecule has 0 unspecified atom stereocenters. The standard InChI is InChI=1S/C46H71N13O12S/c1-8-24(6)36(49)45(69)57-28(14-22(2)3)39(63)55-30(16-27-19-50-21-51-27)41(65)58-33(20-72)44(68)52-25(7)38(62)53-31(17-34(47)60)42(66)54-29(15-26-12-10-9-11-13-26)40(64)56-32(18-35(48)61)43(67)59-37(23(4)5)46(70)71/h9-13,19,21-25,28-33,36-37,72H,8,14-18,20,49H2,1-7H3,(H2,47,60)(H2,48,61)(H,50,51)(H,52,68)(H,53,62)(H,54,66)(H,55,63)(H,56,64)(H,57,69)(H,58,65)(H,59,67)(H,70,71)/t24-,25-,28-,29-,30-,31-,32-,33-,36-,37-/m0/s1. The molecule has 0 fully saturated rings. The highest BCUT2D eigenvalue weighted by Gasteiger charge is 2.36. The minimum atomic E-state index is -1.75. The molecule has 16 N–H and O–H groups in total. The number of nitrogens with two attached hydrogens (primary N) is 3. The van der Waals surface area contributed by atoms with Gasteiger partial charge in [0.15, 0.2) is 0 Å². The van der Waals surface area contributed by atoms with E-state index in [4.69, 9.17) is 17.2 Å². The van der Waals surface area contributed by atoms with Crippen molar-refractivity contribution in [2.24, 2.45) is 35.0 Å². The topological polar surface area (TPSA) is 411 Å². The van der Waals surface area contributed by atoms with Gasteiger partial charge < -0.3 is 69.8 Å². The van der Waals surface area contributed by atoms with E-state index in [-0.39, 0.29) is 36.9 Å². The van der Waals surface area contributed by atoms with Crippen LogP contribution >= 0.6 is 12.6 Å². The van der Waals surface area contributed by atoms with Crippen molar-refractivity contribution in [1.29, 1.82) is 0 Å². The summed E-state index contributed by atoms with van der Waals surface area (Å²) in [5, 5.41) is 29.2. The lowest BCUT2D eigenvalue weighted by molar-refractivity contribution is -0.143. The highest BCUT2D eigenvalue weighted by Crippen LogP contribution is 2.12. The third kappa shape index (κ3) is 20.7. The minimum Gasteiger partial charge on any atom is -0.480 e. The van der Waals surface area contributed by atoms with Crippen molar-refractivity contribution in [3.05, 3.63) is 54.1 Å². The van der Waals surface area contributed by atoms with Crippen LogP contribution in [0.3, 0.4) is 0 Å². The molecule has 2 rings (SSSR count). The summed E-state index contributed by atoms with van der Waals surface area (Å²) in [7, 11) is 0. The van der Waals surface area contributed by atoms with Crippen LogP contribution < -0.4 is 59.7 Å². The highest BCUT2D eigenvalue weighted by molar-refractivity contribution is 7.80. The van der Waals surface area contributed by atoms with Crippen molar-refractivity contribution >= 4 is 77.7 Å². The molecule has 1 aromatic heterocycles. The van der Waals surface area contributed by atoms with E-state index in [2.05, 4.69) is 65.1 Å². The first-order valence-corrected chi connectivity index (χ1v) is 24.0. The van der Waals surface area contributed by atoms with Gasteiger partial charge in [0.25, 0.3) is 0 Å². The Bertz CT molecular complexity index is 2200. The van der Waals surface area contributed by atoms with E-state index in [1.807, 2.05) is 20.8 Å². The molecular formula is C46H71N13O12S. The van der Waals surface area contributed by atoms with Crippen LogP contribution in [0.4, 0.5) is 0 Å². The van der Waals surface area contributed by atoms with E-state index in [9.17, 15) is 57.8 Å². The van der Waals surface area contributed by atoms with Gasteiger partial charge in [0, 0.05) is 30.5 Å². The number of imidazole rings is 1. The zero-order valence-electron chi connectivity index (χ0n) is 41.5.